The summed E-state index contributed by atoms with van der Waals surface area (Å²) in [4.78, 5) is 11.1. The van der Waals surface area contributed by atoms with E-state index in [4.69, 9.17) is 0 Å². The van der Waals surface area contributed by atoms with Crippen LogP contribution in [0.25, 0.3) is 0 Å². The van der Waals surface area contributed by atoms with Gasteiger partial charge in [-0.3, -0.25) is 0 Å². The third kappa shape index (κ3) is 2.18. The molecule has 0 saturated carbocycles. The van der Waals surface area contributed by atoms with Crippen LogP contribution in [0.3, 0.4) is 0 Å². The lowest BCUT2D eigenvalue weighted by atomic mass is 9.95. The van der Waals surface area contributed by atoms with E-state index < -0.39 is 46.3 Å². The van der Waals surface area contributed by atoms with Crippen molar-refractivity contribution in [1.29, 1.82) is 0 Å². The molecule has 1 unspecified atom stereocenters. The standard InChI is InChI=1S/C12H11F4NO2/c1-19-12(18)7-10(15)8(13)6(9(14)11(7)16)5-2-3-17-4-5/h5,17H,2-4H2,1H3. The summed E-state index contributed by atoms with van der Waals surface area (Å²) in [5.74, 6) is -8.61. The Morgan fingerprint density at radius 2 is 1.74 bits per heavy atom. The monoisotopic (exact) mass is 277 g/mol. The molecule has 1 atom stereocenters. The Morgan fingerprint density at radius 1 is 1.16 bits per heavy atom. The number of ether oxygens (including phenoxy) is 1. The van der Waals surface area contributed by atoms with E-state index in [-0.39, 0.29) is 6.54 Å². The van der Waals surface area contributed by atoms with E-state index in [0.29, 0.717) is 13.0 Å². The molecule has 1 heterocycles. The molecule has 1 aliphatic heterocycles. The summed E-state index contributed by atoms with van der Waals surface area (Å²) in [6.45, 7) is 0.732. The number of rotatable bonds is 2. The van der Waals surface area contributed by atoms with Crippen LogP contribution in [0.15, 0.2) is 0 Å². The minimum absolute atomic E-state index is 0.226. The summed E-state index contributed by atoms with van der Waals surface area (Å²) < 4.78 is 59.2. The van der Waals surface area contributed by atoms with Gasteiger partial charge in [0.2, 0.25) is 0 Å². The maximum atomic E-state index is 13.8. The number of esters is 1. The first-order valence-corrected chi connectivity index (χ1v) is 5.63. The molecule has 1 saturated heterocycles. The number of carbonyl (C=O) groups is 1. The third-order valence-corrected chi connectivity index (χ3v) is 3.16. The zero-order chi connectivity index (χ0) is 14.2. The van der Waals surface area contributed by atoms with Crippen LogP contribution in [0.4, 0.5) is 17.6 Å². The van der Waals surface area contributed by atoms with Gasteiger partial charge in [0.1, 0.15) is 5.56 Å². The third-order valence-electron chi connectivity index (χ3n) is 3.16. The number of benzene rings is 1. The molecule has 1 fully saturated rings. The summed E-state index contributed by atoms with van der Waals surface area (Å²) >= 11 is 0. The topological polar surface area (TPSA) is 38.3 Å². The Morgan fingerprint density at radius 3 is 2.16 bits per heavy atom. The summed E-state index contributed by atoms with van der Waals surface area (Å²) in [5.41, 5.74) is -2.00. The highest BCUT2D eigenvalue weighted by Gasteiger charge is 2.33. The van der Waals surface area contributed by atoms with E-state index in [2.05, 4.69) is 10.1 Å². The SMILES string of the molecule is COC(=O)c1c(F)c(F)c(C2CCNC2)c(F)c1F. The number of methoxy groups -OCH3 is 1. The molecule has 0 amide bonds. The predicted octanol–water partition coefficient (Wildman–Crippen LogP) is 2.11. The fourth-order valence-corrected chi connectivity index (χ4v) is 2.19. The lowest BCUT2D eigenvalue weighted by Crippen LogP contribution is -2.17. The number of halogens is 4. The van der Waals surface area contributed by atoms with Crippen molar-refractivity contribution < 1.29 is 27.1 Å². The molecule has 19 heavy (non-hydrogen) atoms. The van der Waals surface area contributed by atoms with Crippen molar-refractivity contribution in [3.63, 3.8) is 0 Å². The maximum Gasteiger partial charge on any atom is 0.344 e. The lowest BCUT2D eigenvalue weighted by Gasteiger charge is -2.14. The average Bonchev–Trinajstić information content (AvgIpc) is 2.90. The van der Waals surface area contributed by atoms with Gasteiger partial charge in [-0.05, 0) is 13.0 Å². The fraction of sp³-hybridized carbons (Fsp3) is 0.417. The van der Waals surface area contributed by atoms with Crippen LogP contribution in [0.5, 0.6) is 0 Å². The second-order valence-corrected chi connectivity index (χ2v) is 4.23. The van der Waals surface area contributed by atoms with Crippen LogP contribution >= 0.6 is 0 Å². The molecule has 0 aromatic heterocycles. The van der Waals surface area contributed by atoms with Gasteiger partial charge in [-0.15, -0.1) is 0 Å². The molecule has 104 valence electrons. The minimum atomic E-state index is -1.72. The maximum absolute atomic E-state index is 13.8. The number of nitrogens with one attached hydrogen (secondary N) is 1. The van der Waals surface area contributed by atoms with E-state index in [1.165, 1.54) is 0 Å². The van der Waals surface area contributed by atoms with Gasteiger partial charge < -0.3 is 10.1 Å². The average molecular weight is 277 g/mol. The highest BCUT2D eigenvalue weighted by molar-refractivity contribution is 5.90. The quantitative estimate of drug-likeness (QED) is 0.511. The first-order chi connectivity index (χ1) is 8.99. The largest absolute Gasteiger partial charge is 0.465 e. The van der Waals surface area contributed by atoms with Crippen molar-refractivity contribution in [2.45, 2.75) is 12.3 Å². The molecule has 1 aliphatic rings. The minimum Gasteiger partial charge on any atom is -0.465 e. The first-order valence-electron chi connectivity index (χ1n) is 5.63. The van der Waals surface area contributed by atoms with Crippen molar-refractivity contribution in [3.8, 4) is 0 Å². The molecule has 0 aliphatic carbocycles. The van der Waals surface area contributed by atoms with Crippen LogP contribution in [0.2, 0.25) is 0 Å². The Labute approximate surface area is 106 Å². The molecule has 0 radical (unpaired) electrons. The molecule has 3 nitrogen and oxygen atoms in total. The number of hydrogen-bond acceptors (Lipinski definition) is 3. The van der Waals surface area contributed by atoms with E-state index in [1.807, 2.05) is 0 Å². The molecule has 1 N–H and O–H groups in total. The second-order valence-electron chi connectivity index (χ2n) is 4.23. The summed E-state index contributed by atoms with van der Waals surface area (Å²) in [6.07, 6.45) is 0.365. The lowest BCUT2D eigenvalue weighted by molar-refractivity contribution is 0.0586. The van der Waals surface area contributed by atoms with Gasteiger partial charge in [-0.25, -0.2) is 22.4 Å². The Hall–Kier alpha value is -1.63. The molecule has 2 rings (SSSR count). The first kappa shape index (κ1) is 13.8. The molecule has 1 aromatic carbocycles. The molecule has 1 aromatic rings. The van der Waals surface area contributed by atoms with Gasteiger partial charge >= 0.3 is 5.97 Å². The normalized spacial score (nSPS) is 18.7. The number of carbonyl (C=O) groups excluding carboxylic acids is 1. The van der Waals surface area contributed by atoms with Crippen molar-refractivity contribution in [2.24, 2.45) is 0 Å². The Balaban J connectivity index is 2.62. The molecule has 7 heteroatoms. The Bertz CT molecular complexity index is 498. The Kier molecular flexibility index (Phi) is 3.75. The van der Waals surface area contributed by atoms with Crippen molar-refractivity contribution >= 4 is 5.97 Å². The van der Waals surface area contributed by atoms with Crippen LogP contribution < -0.4 is 5.32 Å². The van der Waals surface area contributed by atoms with Crippen LogP contribution in [0.1, 0.15) is 28.3 Å². The molecule has 0 spiro atoms. The zero-order valence-electron chi connectivity index (χ0n) is 10.0. The van der Waals surface area contributed by atoms with Gasteiger partial charge in [0.15, 0.2) is 23.3 Å². The highest BCUT2D eigenvalue weighted by atomic mass is 19.2. The zero-order valence-corrected chi connectivity index (χ0v) is 10.0. The van der Waals surface area contributed by atoms with Crippen molar-refractivity contribution in [2.75, 3.05) is 20.2 Å². The van der Waals surface area contributed by atoms with E-state index >= 15 is 0 Å². The molecular weight excluding hydrogens is 266 g/mol. The van der Waals surface area contributed by atoms with Crippen LogP contribution in [0, 0.1) is 23.3 Å². The molecule has 0 bridgehead atoms. The highest BCUT2D eigenvalue weighted by Crippen LogP contribution is 2.32. The van der Waals surface area contributed by atoms with Gasteiger partial charge in [0.25, 0.3) is 0 Å². The summed E-state index contributed by atoms with van der Waals surface area (Å²) in [6, 6.07) is 0. The fourth-order valence-electron chi connectivity index (χ4n) is 2.19. The van der Waals surface area contributed by atoms with Crippen LogP contribution in [-0.4, -0.2) is 26.2 Å². The number of hydrogen-bond donors (Lipinski definition) is 1. The van der Waals surface area contributed by atoms with E-state index in [9.17, 15) is 22.4 Å². The molecular formula is C12H11F4NO2. The smallest absolute Gasteiger partial charge is 0.344 e. The van der Waals surface area contributed by atoms with Gasteiger partial charge in [0.05, 0.1) is 7.11 Å². The van der Waals surface area contributed by atoms with Gasteiger partial charge in [-0.2, -0.15) is 0 Å². The summed E-state index contributed by atoms with van der Waals surface area (Å²) in [5, 5.41) is 2.84. The second kappa shape index (κ2) is 5.16. The van der Waals surface area contributed by atoms with Crippen molar-refractivity contribution in [3.05, 3.63) is 34.4 Å². The summed E-state index contributed by atoms with van der Waals surface area (Å²) in [7, 11) is 0.867. The van der Waals surface area contributed by atoms with Crippen molar-refractivity contribution in [1.82, 2.24) is 5.32 Å². The van der Waals surface area contributed by atoms with E-state index in [0.717, 1.165) is 7.11 Å². The van der Waals surface area contributed by atoms with Crippen LogP contribution in [-0.2, 0) is 4.74 Å². The predicted molar refractivity (Wildman–Crippen MR) is 57.8 cm³/mol. The van der Waals surface area contributed by atoms with E-state index in [1.54, 1.807) is 0 Å². The van der Waals surface area contributed by atoms with Gasteiger partial charge in [0, 0.05) is 18.0 Å². The van der Waals surface area contributed by atoms with Gasteiger partial charge in [-0.1, -0.05) is 0 Å².